The van der Waals surface area contributed by atoms with Gasteiger partial charge in [-0.15, -0.1) is 0 Å². The van der Waals surface area contributed by atoms with Crippen LogP contribution in [0.2, 0.25) is 0 Å². The summed E-state index contributed by atoms with van der Waals surface area (Å²) >= 11 is 0. The summed E-state index contributed by atoms with van der Waals surface area (Å²) in [6.45, 7) is 2.68. The molecular weight excluding hydrogens is 410 g/mol. The highest BCUT2D eigenvalue weighted by Gasteiger charge is 2.34. The Morgan fingerprint density at radius 1 is 1.28 bits per heavy atom. The summed E-state index contributed by atoms with van der Waals surface area (Å²) in [7, 11) is 0. The minimum absolute atomic E-state index is 0.0677. The van der Waals surface area contributed by atoms with E-state index in [4.69, 9.17) is 20.4 Å². The number of ether oxygens (including phenoxy) is 1. The second kappa shape index (κ2) is 11.1. The van der Waals surface area contributed by atoms with E-state index in [1.807, 2.05) is 41.3 Å². The van der Waals surface area contributed by atoms with E-state index in [1.165, 1.54) is 0 Å². The Morgan fingerprint density at radius 2 is 2.03 bits per heavy atom. The fraction of sp³-hybridized carbons (Fsp3) is 0.304. The first kappa shape index (κ1) is 23.0. The van der Waals surface area contributed by atoms with Gasteiger partial charge >= 0.3 is 0 Å². The molecule has 0 bridgehead atoms. The fourth-order valence-electron chi connectivity index (χ4n) is 3.58. The molecule has 9 heteroatoms. The van der Waals surface area contributed by atoms with Gasteiger partial charge in [-0.1, -0.05) is 18.2 Å². The number of carboxylic acid groups (broad SMARTS) is 1. The minimum atomic E-state index is -0.833. The number of nitrogens with one attached hydrogen (secondary N) is 1. The van der Waals surface area contributed by atoms with Crippen LogP contribution in [0.25, 0.3) is 0 Å². The average molecular weight is 438 g/mol. The van der Waals surface area contributed by atoms with Gasteiger partial charge in [0.2, 0.25) is 5.91 Å². The quantitative estimate of drug-likeness (QED) is 0.536. The van der Waals surface area contributed by atoms with Gasteiger partial charge in [0.1, 0.15) is 18.4 Å². The van der Waals surface area contributed by atoms with Crippen molar-refractivity contribution in [1.29, 1.82) is 0 Å². The number of carboxylic acids is 1. The van der Waals surface area contributed by atoms with Crippen LogP contribution in [-0.2, 0) is 22.4 Å². The van der Waals surface area contributed by atoms with E-state index in [2.05, 4.69) is 15.0 Å². The molecule has 1 atom stereocenters. The lowest BCUT2D eigenvalue weighted by atomic mass is 9.96. The summed E-state index contributed by atoms with van der Waals surface area (Å²) in [5, 5.41) is 7.42. The van der Waals surface area contributed by atoms with E-state index in [0.717, 1.165) is 41.6 Å². The van der Waals surface area contributed by atoms with Gasteiger partial charge in [0.25, 0.3) is 5.97 Å². The number of aromatic amines is 1. The molecular formula is C23H27N5O4. The zero-order chi connectivity index (χ0) is 22.9. The van der Waals surface area contributed by atoms with Crippen LogP contribution in [0.1, 0.15) is 35.5 Å². The number of nitrogens with two attached hydrogens (primary N) is 1. The number of aromatic nitrogens is 3. The van der Waals surface area contributed by atoms with E-state index in [-0.39, 0.29) is 11.9 Å². The van der Waals surface area contributed by atoms with E-state index in [0.29, 0.717) is 26.1 Å². The van der Waals surface area contributed by atoms with Crippen LogP contribution in [0.4, 0.5) is 0 Å². The highest BCUT2D eigenvalue weighted by atomic mass is 16.5. The molecule has 32 heavy (non-hydrogen) atoms. The molecule has 0 fully saturated rings. The number of rotatable bonds is 6. The van der Waals surface area contributed by atoms with Crippen molar-refractivity contribution < 1.29 is 19.4 Å². The van der Waals surface area contributed by atoms with E-state index < -0.39 is 5.97 Å². The predicted octanol–water partition coefficient (Wildman–Crippen LogP) is 1.95. The number of hydrogen-bond donors (Lipinski definition) is 3. The lowest BCUT2D eigenvalue weighted by Gasteiger charge is -2.35. The molecule has 9 nitrogen and oxygen atoms in total. The van der Waals surface area contributed by atoms with Gasteiger partial charge in [-0.25, -0.2) is 4.98 Å². The Morgan fingerprint density at radius 3 is 2.69 bits per heavy atom. The summed E-state index contributed by atoms with van der Waals surface area (Å²) < 4.78 is 5.50. The number of pyridine rings is 1. The summed E-state index contributed by atoms with van der Waals surface area (Å²) in [4.78, 5) is 36.0. The van der Waals surface area contributed by atoms with Crippen LogP contribution < -0.4 is 10.5 Å². The molecule has 0 spiro atoms. The predicted molar refractivity (Wildman–Crippen MR) is 118 cm³/mol. The van der Waals surface area contributed by atoms with Gasteiger partial charge < -0.3 is 25.5 Å². The van der Waals surface area contributed by atoms with Crippen LogP contribution in [0.5, 0.6) is 5.75 Å². The molecule has 4 N–H and O–H groups in total. The standard InChI is InChI=1S/C21H23N5O2.C2H4O2/c22-8-11-28-17-5-3-15(4-6-17)12-19(27)26-10-7-18-20(25-14-24-18)21(26)16-2-1-9-23-13-16;1-2(3)4/h1-6,9,13-14,21H,7-8,10-12,22H2,(H,24,25);1H3,(H,3,4). The van der Waals surface area contributed by atoms with Crippen molar-refractivity contribution >= 4 is 11.9 Å². The van der Waals surface area contributed by atoms with Crippen molar-refractivity contribution in [1.82, 2.24) is 19.9 Å². The normalized spacial score (nSPS) is 14.7. The number of benzene rings is 1. The molecule has 3 aromatic rings. The van der Waals surface area contributed by atoms with Crippen molar-refractivity contribution in [3.8, 4) is 5.75 Å². The number of carbonyl (C=O) groups excluding carboxylic acids is 1. The molecule has 0 aliphatic carbocycles. The highest BCUT2D eigenvalue weighted by Crippen LogP contribution is 2.33. The SMILES string of the molecule is CC(=O)O.NCCOc1ccc(CC(=O)N2CCc3[nH]cnc3C2c2cccnc2)cc1. The smallest absolute Gasteiger partial charge is 0.300 e. The lowest BCUT2D eigenvalue weighted by molar-refractivity contribution is -0.134. The van der Waals surface area contributed by atoms with E-state index in [9.17, 15) is 4.79 Å². The summed E-state index contributed by atoms with van der Waals surface area (Å²) in [6, 6.07) is 11.3. The fourth-order valence-corrected chi connectivity index (χ4v) is 3.58. The number of aliphatic carboxylic acids is 1. The molecule has 0 saturated carbocycles. The van der Waals surface area contributed by atoms with Crippen molar-refractivity contribution in [2.75, 3.05) is 19.7 Å². The van der Waals surface area contributed by atoms with Crippen LogP contribution in [0, 0.1) is 0 Å². The van der Waals surface area contributed by atoms with Crippen LogP contribution in [0.15, 0.2) is 55.1 Å². The van der Waals surface area contributed by atoms with Crippen molar-refractivity contribution in [3.05, 3.63) is 77.6 Å². The van der Waals surface area contributed by atoms with Gasteiger partial charge in [0.15, 0.2) is 0 Å². The lowest BCUT2D eigenvalue weighted by Crippen LogP contribution is -2.41. The third-order valence-corrected chi connectivity index (χ3v) is 4.91. The van der Waals surface area contributed by atoms with Gasteiger partial charge in [-0.2, -0.15) is 0 Å². The molecule has 1 aliphatic rings. The third kappa shape index (κ3) is 5.92. The average Bonchev–Trinajstić information content (AvgIpc) is 3.27. The zero-order valence-electron chi connectivity index (χ0n) is 17.9. The molecule has 1 unspecified atom stereocenters. The number of fused-ring (bicyclic) bond motifs is 1. The first-order valence-corrected chi connectivity index (χ1v) is 10.3. The number of hydrogen-bond acceptors (Lipinski definition) is 6. The number of amides is 1. The largest absolute Gasteiger partial charge is 0.492 e. The van der Waals surface area contributed by atoms with Crippen LogP contribution in [0.3, 0.4) is 0 Å². The van der Waals surface area contributed by atoms with Gasteiger partial charge in [-0.3, -0.25) is 14.6 Å². The van der Waals surface area contributed by atoms with Crippen molar-refractivity contribution in [2.45, 2.75) is 25.8 Å². The first-order valence-electron chi connectivity index (χ1n) is 10.3. The monoisotopic (exact) mass is 437 g/mol. The molecule has 4 rings (SSSR count). The second-order valence-electron chi connectivity index (χ2n) is 7.27. The van der Waals surface area contributed by atoms with E-state index >= 15 is 0 Å². The Hall–Kier alpha value is -3.72. The number of imidazole rings is 1. The Labute approximate surface area is 186 Å². The van der Waals surface area contributed by atoms with Crippen molar-refractivity contribution in [2.24, 2.45) is 5.73 Å². The molecule has 1 amide bonds. The Kier molecular flexibility index (Phi) is 7.93. The maximum atomic E-state index is 13.2. The van der Waals surface area contributed by atoms with Crippen molar-refractivity contribution in [3.63, 3.8) is 0 Å². The highest BCUT2D eigenvalue weighted by molar-refractivity contribution is 5.80. The summed E-state index contributed by atoms with van der Waals surface area (Å²) in [6.07, 6.45) is 6.33. The van der Waals surface area contributed by atoms with Crippen LogP contribution >= 0.6 is 0 Å². The third-order valence-electron chi connectivity index (χ3n) is 4.91. The molecule has 1 aromatic carbocycles. The number of carbonyl (C=O) groups is 2. The van der Waals surface area contributed by atoms with E-state index in [1.54, 1.807) is 18.7 Å². The van der Waals surface area contributed by atoms with Gasteiger partial charge in [0, 0.05) is 44.5 Å². The minimum Gasteiger partial charge on any atom is -0.492 e. The molecule has 168 valence electrons. The Balaban J connectivity index is 0.000000668. The molecule has 0 saturated heterocycles. The number of H-pyrrole nitrogens is 1. The maximum Gasteiger partial charge on any atom is 0.300 e. The number of nitrogens with zero attached hydrogens (tertiary/aromatic N) is 3. The molecule has 1 aliphatic heterocycles. The zero-order valence-corrected chi connectivity index (χ0v) is 17.9. The maximum absolute atomic E-state index is 13.2. The van der Waals surface area contributed by atoms with Crippen LogP contribution in [-0.4, -0.2) is 56.5 Å². The molecule has 2 aromatic heterocycles. The first-order chi connectivity index (χ1) is 15.5. The topological polar surface area (TPSA) is 134 Å². The summed E-state index contributed by atoms with van der Waals surface area (Å²) in [5.74, 6) is -0.00727. The van der Waals surface area contributed by atoms with Gasteiger partial charge in [-0.05, 0) is 29.3 Å². The summed E-state index contributed by atoms with van der Waals surface area (Å²) in [5.41, 5.74) is 9.35. The second-order valence-corrected chi connectivity index (χ2v) is 7.27. The Bertz CT molecular complexity index is 1020. The van der Waals surface area contributed by atoms with Gasteiger partial charge in [0.05, 0.1) is 18.4 Å². The molecule has 3 heterocycles. The molecule has 0 radical (unpaired) electrons.